The van der Waals surface area contributed by atoms with Crippen molar-refractivity contribution in [3.05, 3.63) is 53.6 Å². The van der Waals surface area contributed by atoms with Crippen molar-refractivity contribution in [2.24, 2.45) is 0 Å². The molecule has 0 aliphatic carbocycles. The molecule has 0 unspecified atom stereocenters. The summed E-state index contributed by atoms with van der Waals surface area (Å²) >= 11 is 0. The summed E-state index contributed by atoms with van der Waals surface area (Å²) in [5, 5.41) is 0. The lowest BCUT2D eigenvalue weighted by Crippen LogP contribution is -2.01. The van der Waals surface area contributed by atoms with Gasteiger partial charge in [0, 0.05) is 0 Å². The average molecular weight is 256 g/mol. The summed E-state index contributed by atoms with van der Waals surface area (Å²) in [6, 6.07) is 13.4. The highest BCUT2D eigenvalue weighted by atomic mass is 16.5. The minimum Gasteiger partial charge on any atom is -0.497 e. The molecule has 0 aromatic heterocycles. The van der Waals surface area contributed by atoms with Crippen molar-refractivity contribution in [1.29, 1.82) is 0 Å². The first-order valence-corrected chi connectivity index (χ1v) is 5.98. The Kier molecular flexibility index (Phi) is 3.85. The molecule has 0 N–H and O–H groups in total. The molecule has 0 heterocycles. The molecule has 19 heavy (non-hydrogen) atoms. The minimum atomic E-state index is -0.321. The molecule has 0 saturated carbocycles. The monoisotopic (exact) mass is 256 g/mol. The van der Waals surface area contributed by atoms with E-state index in [1.807, 2.05) is 49.4 Å². The predicted octanol–water partition coefficient (Wildman–Crippen LogP) is 3.46. The van der Waals surface area contributed by atoms with Crippen molar-refractivity contribution in [1.82, 2.24) is 0 Å². The third-order valence-corrected chi connectivity index (χ3v) is 2.92. The van der Waals surface area contributed by atoms with Crippen LogP contribution < -0.4 is 4.74 Å². The van der Waals surface area contributed by atoms with Gasteiger partial charge in [0.1, 0.15) is 5.75 Å². The van der Waals surface area contributed by atoms with Crippen molar-refractivity contribution < 1.29 is 14.3 Å². The Labute approximate surface area is 112 Å². The molecule has 2 aromatic carbocycles. The van der Waals surface area contributed by atoms with Crippen LogP contribution in [0.15, 0.2) is 42.5 Å². The summed E-state index contributed by atoms with van der Waals surface area (Å²) in [5.74, 6) is 0.489. The fourth-order valence-electron chi connectivity index (χ4n) is 1.97. The number of benzene rings is 2. The molecule has 0 fully saturated rings. The van der Waals surface area contributed by atoms with Gasteiger partial charge in [0.05, 0.1) is 19.8 Å². The number of carbonyl (C=O) groups excluding carboxylic acids is 1. The topological polar surface area (TPSA) is 35.5 Å². The molecule has 0 bridgehead atoms. The van der Waals surface area contributed by atoms with Gasteiger partial charge in [-0.3, -0.25) is 0 Å². The number of carbonyl (C=O) groups is 1. The lowest BCUT2D eigenvalue weighted by atomic mass is 10.0. The second-order valence-corrected chi connectivity index (χ2v) is 4.31. The zero-order valence-corrected chi connectivity index (χ0v) is 11.3. The highest BCUT2D eigenvalue weighted by Gasteiger charge is 2.08. The lowest BCUT2D eigenvalue weighted by molar-refractivity contribution is 0.0600. The maximum Gasteiger partial charge on any atom is 0.337 e. The van der Waals surface area contributed by atoms with Crippen molar-refractivity contribution in [2.45, 2.75) is 6.92 Å². The van der Waals surface area contributed by atoms with E-state index in [1.54, 1.807) is 7.11 Å². The molecule has 0 atom stereocenters. The molecule has 0 saturated heterocycles. The predicted molar refractivity (Wildman–Crippen MR) is 74.5 cm³/mol. The van der Waals surface area contributed by atoms with E-state index in [0.29, 0.717) is 5.56 Å². The van der Waals surface area contributed by atoms with Crippen LogP contribution in [0.1, 0.15) is 15.9 Å². The molecular formula is C16H16O3. The number of rotatable bonds is 3. The standard InChI is InChI=1S/C16H16O3/c1-11-8-13(10-14(9-11)16(17)19-3)12-4-6-15(18-2)7-5-12/h4-10H,1-3H3. The van der Waals surface area contributed by atoms with Crippen LogP contribution in [0.25, 0.3) is 11.1 Å². The van der Waals surface area contributed by atoms with Crippen LogP contribution in [0, 0.1) is 6.92 Å². The first-order valence-electron chi connectivity index (χ1n) is 5.98. The van der Waals surface area contributed by atoms with Gasteiger partial charge in [-0.2, -0.15) is 0 Å². The van der Waals surface area contributed by atoms with Crippen LogP contribution in [0.2, 0.25) is 0 Å². The van der Waals surface area contributed by atoms with E-state index in [4.69, 9.17) is 9.47 Å². The normalized spacial score (nSPS) is 10.1. The van der Waals surface area contributed by atoms with E-state index in [2.05, 4.69) is 0 Å². The number of hydrogen-bond donors (Lipinski definition) is 0. The Bertz CT molecular complexity index is 585. The van der Waals surface area contributed by atoms with Gasteiger partial charge in [0.25, 0.3) is 0 Å². The van der Waals surface area contributed by atoms with Gasteiger partial charge in [-0.05, 0) is 47.9 Å². The van der Waals surface area contributed by atoms with Crippen LogP contribution in [-0.4, -0.2) is 20.2 Å². The lowest BCUT2D eigenvalue weighted by Gasteiger charge is -2.07. The minimum absolute atomic E-state index is 0.321. The number of ether oxygens (including phenoxy) is 2. The van der Waals surface area contributed by atoms with Crippen molar-refractivity contribution in [2.75, 3.05) is 14.2 Å². The van der Waals surface area contributed by atoms with Crippen molar-refractivity contribution >= 4 is 5.97 Å². The molecule has 3 nitrogen and oxygen atoms in total. The fourth-order valence-corrected chi connectivity index (χ4v) is 1.97. The number of methoxy groups -OCH3 is 2. The maximum absolute atomic E-state index is 11.6. The number of esters is 1. The van der Waals surface area contributed by atoms with Gasteiger partial charge in [-0.25, -0.2) is 4.79 Å². The zero-order chi connectivity index (χ0) is 13.8. The Hall–Kier alpha value is -2.29. The molecule has 0 aliphatic heterocycles. The first kappa shape index (κ1) is 13.1. The van der Waals surface area contributed by atoms with E-state index in [1.165, 1.54) is 7.11 Å². The Morgan fingerprint density at radius 1 is 0.947 bits per heavy atom. The first-order chi connectivity index (χ1) is 9.13. The van der Waals surface area contributed by atoms with Gasteiger partial charge >= 0.3 is 5.97 Å². The van der Waals surface area contributed by atoms with E-state index in [-0.39, 0.29) is 5.97 Å². The Morgan fingerprint density at radius 2 is 1.63 bits per heavy atom. The third-order valence-electron chi connectivity index (χ3n) is 2.92. The highest BCUT2D eigenvalue weighted by molar-refractivity contribution is 5.91. The third kappa shape index (κ3) is 2.94. The quantitative estimate of drug-likeness (QED) is 0.789. The summed E-state index contributed by atoms with van der Waals surface area (Å²) in [4.78, 5) is 11.6. The van der Waals surface area contributed by atoms with Gasteiger partial charge in [-0.15, -0.1) is 0 Å². The van der Waals surface area contributed by atoms with Gasteiger partial charge in [-0.1, -0.05) is 18.2 Å². The summed E-state index contributed by atoms with van der Waals surface area (Å²) in [5.41, 5.74) is 3.61. The molecule has 0 aliphatic rings. The van der Waals surface area contributed by atoms with E-state index >= 15 is 0 Å². The molecule has 98 valence electrons. The van der Waals surface area contributed by atoms with E-state index in [9.17, 15) is 4.79 Å². The largest absolute Gasteiger partial charge is 0.497 e. The van der Waals surface area contributed by atoms with Gasteiger partial charge in [0.15, 0.2) is 0 Å². The van der Waals surface area contributed by atoms with Crippen LogP contribution in [0.5, 0.6) is 5.75 Å². The van der Waals surface area contributed by atoms with E-state index in [0.717, 1.165) is 22.4 Å². The van der Waals surface area contributed by atoms with Crippen LogP contribution in [0.3, 0.4) is 0 Å². The summed E-state index contributed by atoms with van der Waals surface area (Å²) in [6.45, 7) is 1.96. The fraction of sp³-hybridized carbons (Fsp3) is 0.188. The molecule has 0 radical (unpaired) electrons. The van der Waals surface area contributed by atoms with Crippen LogP contribution >= 0.6 is 0 Å². The Balaban J connectivity index is 2.43. The highest BCUT2D eigenvalue weighted by Crippen LogP contribution is 2.24. The van der Waals surface area contributed by atoms with Crippen LogP contribution in [0.4, 0.5) is 0 Å². The second-order valence-electron chi connectivity index (χ2n) is 4.31. The van der Waals surface area contributed by atoms with E-state index < -0.39 is 0 Å². The second kappa shape index (κ2) is 5.57. The van der Waals surface area contributed by atoms with Gasteiger partial charge in [0.2, 0.25) is 0 Å². The summed E-state index contributed by atoms with van der Waals surface area (Å²) < 4.78 is 9.89. The van der Waals surface area contributed by atoms with Crippen molar-refractivity contribution in [3.8, 4) is 16.9 Å². The molecule has 3 heteroatoms. The zero-order valence-electron chi connectivity index (χ0n) is 11.3. The van der Waals surface area contributed by atoms with Crippen LogP contribution in [-0.2, 0) is 4.74 Å². The molecule has 0 amide bonds. The molecule has 2 rings (SSSR count). The molecule has 2 aromatic rings. The van der Waals surface area contributed by atoms with Crippen molar-refractivity contribution in [3.63, 3.8) is 0 Å². The Morgan fingerprint density at radius 3 is 2.21 bits per heavy atom. The number of hydrogen-bond acceptors (Lipinski definition) is 3. The average Bonchev–Trinajstić information content (AvgIpc) is 2.45. The van der Waals surface area contributed by atoms with Gasteiger partial charge < -0.3 is 9.47 Å². The molecule has 0 spiro atoms. The smallest absolute Gasteiger partial charge is 0.337 e. The summed E-state index contributed by atoms with van der Waals surface area (Å²) in [6.07, 6.45) is 0. The SMILES string of the molecule is COC(=O)c1cc(C)cc(-c2ccc(OC)cc2)c1. The maximum atomic E-state index is 11.6. The molecular weight excluding hydrogens is 240 g/mol. The summed E-state index contributed by atoms with van der Waals surface area (Å²) in [7, 11) is 3.02. The number of aryl methyl sites for hydroxylation is 1.